The van der Waals surface area contributed by atoms with Crippen molar-refractivity contribution in [2.75, 3.05) is 19.9 Å². The minimum Gasteiger partial charge on any atom is -0.355 e. The third-order valence-corrected chi connectivity index (χ3v) is 2.83. The first-order valence-electron chi connectivity index (χ1n) is 5.69. The van der Waals surface area contributed by atoms with Crippen molar-refractivity contribution in [3.05, 3.63) is 30.1 Å². The summed E-state index contributed by atoms with van der Waals surface area (Å²) in [5, 5.41) is 3.46. The molecular weight excluding hydrogens is 204 g/mol. The lowest BCUT2D eigenvalue weighted by Gasteiger charge is -2.24. The average molecular weight is 222 g/mol. The molecule has 1 saturated heterocycles. The van der Waals surface area contributed by atoms with Gasteiger partial charge in [0.05, 0.1) is 12.7 Å². The fourth-order valence-electron chi connectivity index (χ4n) is 1.74. The van der Waals surface area contributed by atoms with Crippen LogP contribution in [0.1, 0.15) is 24.9 Å². The summed E-state index contributed by atoms with van der Waals surface area (Å²) in [5.41, 5.74) is 1.25. The molecule has 2 heterocycles. The van der Waals surface area contributed by atoms with Crippen molar-refractivity contribution in [3.8, 4) is 0 Å². The number of aromatic nitrogens is 1. The maximum absolute atomic E-state index is 5.47. The number of hydrogen-bond acceptors (Lipinski definition) is 4. The summed E-state index contributed by atoms with van der Waals surface area (Å²) < 4.78 is 10.6. The smallest absolute Gasteiger partial charge is 0.147 e. The standard InChI is InChI=1S/C12H18N2O2/c1-10(11-2-5-13-6-3-11)14-8-12-4-7-15-9-16-12/h2-3,5-6,10,12,14H,4,7-9H2,1H3/t10-,12?/m1/s1. The van der Waals surface area contributed by atoms with E-state index in [2.05, 4.69) is 17.2 Å². The first-order chi connectivity index (χ1) is 7.86. The van der Waals surface area contributed by atoms with Crippen molar-refractivity contribution >= 4 is 0 Å². The maximum Gasteiger partial charge on any atom is 0.147 e. The van der Waals surface area contributed by atoms with Crippen molar-refractivity contribution in [2.45, 2.75) is 25.5 Å². The van der Waals surface area contributed by atoms with Gasteiger partial charge in [-0.05, 0) is 31.0 Å². The lowest BCUT2D eigenvalue weighted by molar-refractivity contribution is -0.137. The number of hydrogen-bond donors (Lipinski definition) is 1. The van der Waals surface area contributed by atoms with E-state index in [0.29, 0.717) is 12.8 Å². The Morgan fingerprint density at radius 3 is 3.00 bits per heavy atom. The Hall–Kier alpha value is -0.970. The third-order valence-electron chi connectivity index (χ3n) is 2.83. The molecule has 1 unspecified atom stereocenters. The molecule has 0 saturated carbocycles. The van der Waals surface area contributed by atoms with Crippen LogP contribution in [0.3, 0.4) is 0 Å². The highest BCUT2D eigenvalue weighted by atomic mass is 16.7. The van der Waals surface area contributed by atoms with Gasteiger partial charge in [0.2, 0.25) is 0 Å². The Bertz CT molecular complexity index is 299. The van der Waals surface area contributed by atoms with Crippen LogP contribution >= 0.6 is 0 Å². The molecule has 4 heteroatoms. The third kappa shape index (κ3) is 3.27. The van der Waals surface area contributed by atoms with Gasteiger partial charge in [-0.15, -0.1) is 0 Å². The summed E-state index contributed by atoms with van der Waals surface area (Å²) in [4.78, 5) is 4.01. The number of pyridine rings is 1. The van der Waals surface area contributed by atoms with Crippen LogP contribution in [-0.2, 0) is 9.47 Å². The molecule has 1 aromatic rings. The lowest BCUT2D eigenvalue weighted by atomic mass is 10.1. The van der Waals surface area contributed by atoms with Crippen LogP contribution in [0, 0.1) is 0 Å². The molecule has 0 aromatic carbocycles. The molecule has 0 aliphatic carbocycles. The second-order valence-corrected chi connectivity index (χ2v) is 4.01. The van der Waals surface area contributed by atoms with Crippen LogP contribution in [0.25, 0.3) is 0 Å². The van der Waals surface area contributed by atoms with Gasteiger partial charge < -0.3 is 14.8 Å². The topological polar surface area (TPSA) is 43.4 Å². The Balaban J connectivity index is 1.77. The van der Waals surface area contributed by atoms with Crippen molar-refractivity contribution in [3.63, 3.8) is 0 Å². The Morgan fingerprint density at radius 1 is 1.50 bits per heavy atom. The maximum atomic E-state index is 5.47. The van der Waals surface area contributed by atoms with E-state index in [1.807, 2.05) is 24.5 Å². The molecule has 2 rings (SSSR count). The minimum atomic E-state index is 0.276. The van der Waals surface area contributed by atoms with Gasteiger partial charge in [0.25, 0.3) is 0 Å². The SMILES string of the molecule is C[C@@H](NCC1CCOCO1)c1ccncc1. The van der Waals surface area contributed by atoms with E-state index in [9.17, 15) is 0 Å². The molecule has 1 aromatic heterocycles. The van der Waals surface area contributed by atoms with Crippen LogP contribution in [0.5, 0.6) is 0 Å². The van der Waals surface area contributed by atoms with Gasteiger partial charge in [0.15, 0.2) is 0 Å². The van der Waals surface area contributed by atoms with E-state index in [4.69, 9.17) is 9.47 Å². The monoisotopic (exact) mass is 222 g/mol. The highest BCUT2D eigenvalue weighted by molar-refractivity contribution is 5.13. The van der Waals surface area contributed by atoms with Gasteiger partial charge in [0.1, 0.15) is 6.79 Å². The summed E-state index contributed by atoms with van der Waals surface area (Å²) in [6, 6.07) is 4.39. The molecule has 0 bridgehead atoms. The van der Waals surface area contributed by atoms with Crippen LogP contribution in [0.4, 0.5) is 0 Å². The molecule has 1 aliphatic heterocycles. The van der Waals surface area contributed by atoms with Gasteiger partial charge in [-0.3, -0.25) is 4.98 Å². The average Bonchev–Trinajstić information content (AvgIpc) is 2.38. The summed E-state index contributed by atoms with van der Waals surface area (Å²) in [6.07, 6.45) is 4.88. The van der Waals surface area contributed by atoms with Crippen molar-refractivity contribution < 1.29 is 9.47 Å². The van der Waals surface area contributed by atoms with Gasteiger partial charge >= 0.3 is 0 Å². The van der Waals surface area contributed by atoms with Crippen LogP contribution < -0.4 is 5.32 Å². The lowest BCUT2D eigenvalue weighted by Crippen LogP contribution is -2.35. The fraction of sp³-hybridized carbons (Fsp3) is 0.583. The Labute approximate surface area is 96.0 Å². The number of ether oxygens (including phenoxy) is 2. The molecule has 16 heavy (non-hydrogen) atoms. The second kappa shape index (κ2) is 5.94. The predicted octanol–water partition coefficient (Wildman–Crippen LogP) is 1.50. The zero-order chi connectivity index (χ0) is 11.2. The largest absolute Gasteiger partial charge is 0.355 e. The molecule has 0 amide bonds. The zero-order valence-electron chi connectivity index (χ0n) is 9.56. The van der Waals surface area contributed by atoms with Crippen LogP contribution in [0.15, 0.2) is 24.5 Å². The number of nitrogens with one attached hydrogen (secondary N) is 1. The van der Waals surface area contributed by atoms with Crippen molar-refractivity contribution in [1.82, 2.24) is 10.3 Å². The second-order valence-electron chi connectivity index (χ2n) is 4.01. The first kappa shape index (κ1) is 11.5. The Morgan fingerprint density at radius 2 is 2.31 bits per heavy atom. The van der Waals surface area contributed by atoms with E-state index in [0.717, 1.165) is 19.6 Å². The molecule has 88 valence electrons. The number of nitrogens with zero attached hydrogens (tertiary/aromatic N) is 1. The number of rotatable bonds is 4. The molecule has 1 aliphatic rings. The molecule has 2 atom stereocenters. The van der Waals surface area contributed by atoms with E-state index in [-0.39, 0.29) is 6.10 Å². The van der Waals surface area contributed by atoms with Crippen LogP contribution in [-0.4, -0.2) is 31.0 Å². The molecule has 0 radical (unpaired) electrons. The highest BCUT2D eigenvalue weighted by Crippen LogP contribution is 2.11. The molecular formula is C12H18N2O2. The van der Waals surface area contributed by atoms with E-state index in [1.54, 1.807) is 0 Å². The predicted molar refractivity (Wildman–Crippen MR) is 61.0 cm³/mol. The quantitative estimate of drug-likeness (QED) is 0.838. The minimum absolute atomic E-state index is 0.276. The highest BCUT2D eigenvalue weighted by Gasteiger charge is 2.15. The van der Waals surface area contributed by atoms with Gasteiger partial charge in [-0.1, -0.05) is 0 Å². The van der Waals surface area contributed by atoms with Crippen molar-refractivity contribution in [1.29, 1.82) is 0 Å². The summed E-state index contributed by atoms with van der Waals surface area (Å²) >= 11 is 0. The Kier molecular flexibility index (Phi) is 4.27. The van der Waals surface area contributed by atoms with Gasteiger partial charge in [0, 0.05) is 25.0 Å². The zero-order valence-corrected chi connectivity index (χ0v) is 9.56. The van der Waals surface area contributed by atoms with E-state index < -0.39 is 0 Å². The molecule has 1 N–H and O–H groups in total. The van der Waals surface area contributed by atoms with E-state index >= 15 is 0 Å². The van der Waals surface area contributed by atoms with Gasteiger partial charge in [-0.25, -0.2) is 0 Å². The first-order valence-corrected chi connectivity index (χ1v) is 5.69. The summed E-state index contributed by atoms with van der Waals surface area (Å²) in [7, 11) is 0. The summed E-state index contributed by atoms with van der Waals surface area (Å²) in [6.45, 7) is 4.24. The molecule has 4 nitrogen and oxygen atoms in total. The summed E-state index contributed by atoms with van der Waals surface area (Å²) in [5.74, 6) is 0. The van der Waals surface area contributed by atoms with Gasteiger partial charge in [-0.2, -0.15) is 0 Å². The molecule has 0 spiro atoms. The fourth-order valence-corrected chi connectivity index (χ4v) is 1.74. The van der Waals surface area contributed by atoms with Crippen LogP contribution in [0.2, 0.25) is 0 Å². The normalized spacial score (nSPS) is 22.9. The van der Waals surface area contributed by atoms with E-state index in [1.165, 1.54) is 5.56 Å². The molecule has 1 fully saturated rings. The van der Waals surface area contributed by atoms with Crippen molar-refractivity contribution in [2.24, 2.45) is 0 Å².